The number of hydrogen-bond donors (Lipinski definition) is 1. The first kappa shape index (κ1) is 18.6. The summed E-state index contributed by atoms with van der Waals surface area (Å²) in [5.74, 6) is -2.65. The Balaban J connectivity index is 1.54. The van der Waals surface area contributed by atoms with Crippen LogP contribution in [-0.2, 0) is 19.1 Å². The van der Waals surface area contributed by atoms with E-state index in [1.165, 1.54) is 18.2 Å². The summed E-state index contributed by atoms with van der Waals surface area (Å²) >= 11 is 0. The Labute approximate surface area is 155 Å². The Morgan fingerprint density at radius 2 is 1.89 bits per heavy atom. The first-order valence-corrected chi connectivity index (χ1v) is 8.52. The Bertz CT molecular complexity index is 884. The van der Waals surface area contributed by atoms with Crippen molar-refractivity contribution in [3.8, 4) is 0 Å². The summed E-state index contributed by atoms with van der Waals surface area (Å²) < 4.78 is 18.5. The molecule has 1 aliphatic rings. The first-order valence-electron chi connectivity index (χ1n) is 8.52. The molecule has 0 aromatic heterocycles. The molecule has 6 nitrogen and oxygen atoms in total. The van der Waals surface area contributed by atoms with E-state index >= 15 is 0 Å². The molecule has 2 amide bonds. The number of ether oxygens (including phenoxy) is 1. The molecule has 0 spiro atoms. The Morgan fingerprint density at radius 1 is 1.19 bits per heavy atom. The lowest BCUT2D eigenvalue weighted by atomic mass is 10.1. The van der Waals surface area contributed by atoms with Crippen molar-refractivity contribution in [2.24, 2.45) is 5.92 Å². The number of nitrogens with one attached hydrogen (secondary N) is 1. The molecule has 27 heavy (non-hydrogen) atoms. The van der Waals surface area contributed by atoms with Crippen LogP contribution in [0.5, 0.6) is 0 Å². The summed E-state index contributed by atoms with van der Waals surface area (Å²) in [6.45, 7) is 1.56. The Morgan fingerprint density at radius 3 is 2.63 bits per heavy atom. The van der Waals surface area contributed by atoms with E-state index in [1.54, 1.807) is 11.0 Å². The molecule has 0 saturated carbocycles. The van der Waals surface area contributed by atoms with E-state index in [1.807, 2.05) is 31.2 Å². The number of para-hydroxylation sites is 2. The molecule has 1 fully saturated rings. The summed E-state index contributed by atoms with van der Waals surface area (Å²) in [6.07, 6.45) is 0.0299. The highest BCUT2D eigenvalue weighted by Gasteiger charge is 2.36. The average Bonchev–Trinajstić information content (AvgIpc) is 3.04. The summed E-state index contributed by atoms with van der Waals surface area (Å²) in [4.78, 5) is 37.9. The van der Waals surface area contributed by atoms with Gasteiger partial charge in [0.2, 0.25) is 5.91 Å². The lowest BCUT2D eigenvalue weighted by Gasteiger charge is -2.18. The molecule has 0 unspecified atom stereocenters. The van der Waals surface area contributed by atoms with Crippen LogP contribution < -0.4 is 10.2 Å². The molecule has 0 aliphatic carbocycles. The predicted molar refractivity (Wildman–Crippen MR) is 97.6 cm³/mol. The quantitative estimate of drug-likeness (QED) is 0.821. The van der Waals surface area contributed by atoms with Gasteiger partial charge in [0.25, 0.3) is 5.91 Å². The van der Waals surface area contributed by atoms with Crippen molar-refractivity contribution in [3.63, 3.8) is 0 Å². The van der Waals surface area contributed by atoms with E-state index < -0.39 is 30.2 Å². The van der Waals surface area contributed by atoms with E-state index in [2.05, 4.69) is 5.32 Å². The van der Waals surface area contributed by atoms with E-state index in [0.29, 0.717) is 0 Å². The second-order valence-corrected chi connectivity index (χ2v) is 6.33. The van der Waals surface area contributed by atoms with Gasteiger partial charge in [-0.05, 0) is 30.7 Å². The van der Waals surface area contributed by atoms with Crippen molar-refractivity contribution in [2.75, 3.05) is 23.4 Å². The zero-order chi connectivity index (χ0) is 19.4. The molecule has 0 bridgehead atoms. The van der Waals surface area contributed by atoms with Crippen molar-refractivity contribution in [1.29, 1.82) is 0 Å². The third kappa shape index (κ3) is 4.31. The Kier molecular flexibility index (Phi) is 5.49. The number of aryl methyl sites for hydroxylation is 1. The zero-order valence-electron chi connectivity index (χ0n) is 14.8. The summed E-state index contributed by atoms with van der Waals surface area (Å²) in [7, 11) is 0. The maximum atomic E-state index is 13.5. The van der Waals surface area contributed by atoms with Crippen molar-refractivity contribution >= 4 is 29.2 Å². The van der Waals surface area contributed by atoms with Crippen LogP contribution in [0, 0.1) is 18.7 Å². The highest BCUT2D eigenvalue weighted by molar-refractivity contribution is 6.00. The minimum Gasteiger partial charge on any atom is -0.455 e. The third-order valence-electron chi connectivity index (χ3n) is 4.36. The molecule has 1 atom stereocenters. The summed E-state index contributed by atoms with van der Waals surface area (Å²) in [6, 6.07) is 13.1. The fraction of sp³-hybridized carbons (Fsp3) is 0.250. The number of halogens is 1. The lowest BCUT2D eigenvalue weighted by Crippen LogP contribution is -2.28. The van der Waals surface area contributed by atoms with Crippen LogP contribution in [0.15, 0.2) is 48.5 Å². The molecular weight excluding hydrogens is 351 g/mol. The number of amides is 2. The standard InChI is InChI=1S/C20H19FN2O4/c1-13-6-2-5-9-17(13)23-11-14(10-19(23)25)20(26)27-12-18(24)22-16-8-4-3-7-15(16)21/h2-9,14H,10-12H2,1H3,(H,22,24)/t14-/m0/s1. The van der Waals surface area contributed by atoms with Crippen molar-refractivity contribution in [3.05, 3.63) is 59.9 Å². The van der Waals surface area contributed by atoms with Crippen LogP contribution >= 0.6 is 0 Å². The van der Waals surface area contributed by atoms with Gasteiger partial charge in [-0.15, -0.1) is 0 Å². The molecular formula is C20H19FN2O4. The number of anilines is 2. The van der Waals surface area contributed by atoms with Gasteiger partial charge in [0.1, 0.15) is 5.82 Å². The fourth-order valence-corrected chi connectivity index (χ4v) is 2.97. The monoisotopic (exact) mass is 370 g/mol. The fourth-order valence-electron chi connectivity index (χ4n) is 2.97. The minimum atomic E-state index is -0.645. The SMILES string of the molecule is Cc1ccccc1N1C[C@@H](C(=O)OCC(=O)Nc2ccccc2F)CC1=O. The van der Waals surface area contributed by atoms with Crippen molar-refractivity contribution < 1.29 is 23.5 Å². The van der Waals surface area contributed by atoms with Crippen molar-refractivity contribution in [1.82, 2.24) is 0 Å². The van der Waals surface area contributed by atoms with Gasteiger partial charge in [-0.2, -0.15) is 0 Å². The first-order chi connectivity index (χ1) is 13.0. The van der Waals surface area contributed by atoms with E-state index in [-0.39, 0.29) is 24.6 Å². The van der Waals surface area contributed by atoms with Gasteiger partial charge in [0, 0.05) is 18.7 Å². The van der Waals surface area contributed by atoms with Gasteiger partial charge in [-0.25, -0.2) is 4.39 Å². The molecule has 2 aromatic carbocycles. The highest BCUT2D eigenvalue weighted by Crippen LogP contribution is 2.28. The van der Waals surface area contributed by atoms with Crippen molar-refractivity contribution in [2.45, 2.75) is 13.3 Å². The van der Waals surface area contributed by atoms with Crippen LogP contribution in [0.1, 0.15) is 12.0 Å². The minimum absolute atomic E-state index is 0.0142. The molecule has 140 valence electrons. The number of carbonyl (C=O) groups excluding carboxylic acids is 3. The van der Waals surface area contributed by atoms with Gasteiger partial charge in [0.15, 0.2) is 6.61 Å². The predicted octanol–water partition coefficient (Wildman–Crippen LogP) is 2.67. The summed E-state index contributed by atoms with van der Waals surface area (Å²) in [5.41, 5.74) is 1.71. The Hall–Kier alpha value is -3.22. The average molecular weight is 370 g/mol. The normalized spacial score (nSPS) is 16.3. The molecule has 1 saturated heterocycles. The molecule has 1 aliphatic heterocycles. The molecule has 1 heterocycles. The largest absolute Gasteiger partial charge is 0.455 e. The lowest BCUT2D eigenvalue weighted by molar-refractivity contribution is -0.151. The number of benzene rings is 2. The van der Waals surface area contributed by atoms with E-state index in [9.17, 15) is 18.8 Å². The number of hydrogen-bond acceptors (Lipinski definition) is 4. The molecule has 1 N–H and O–H groups in total. The second kappa shape index (κ2) is 7.99. The molecule has 0 radical (unpaired) electrons. The van der Waals surface area contributed by atoms with Gasteiger partial charge >= 0.3 is 5.97 Å². The number of carbonyl (C=O) groups is 3. The van der Waals surface area contributed by atoms with E-state index in [4.69, 9.17) is 4.74 Å². The van der Waals surface area contributed by atoms with Gasteiger partial charge in [-0.3, -0.25) is 14.4 Å². The van der Waals surface area contributed by atoms with Crippen LogP contribution in [-0.4, -0.2) is 30.9 Å². The number of esters is 1. The van der Waals surface area contributed by atoms with Crippen LogP contribution in [0.4, 0.5) is 15.8 Å². The number of rotatable bonds is 5. The van der Waals surface area contributed by atoms with E-state index in [0.717, 1.165) is 11.3 Å². The maximum Gasteiger partial charge on any atom is 0.311 e. The molecule has 2 aromatic rings. The van der Waals surface area contributed by atoms with Gasteiger partial charge < -0.3 is 15.0 Å². The maximum absolute atomic E-state index is 13.5. The topological polar surface area (TPSA) is 75.7 Å². The van der Waals surface area contributed by atoms with Crippen LogP contribution in [0.3, 0.4) is 0 Å². The van der Waals surface area contributed by atoms with Crippen LogP contribution in [0.25, 0.3) is 0 Å². The zero-order valence-corrected chi connectivity index (χ0v) is 14.8. The van der Waals surface area contributed by atoms with Gasteiger partial charge in [0.05, 0.1) is 11.6 Å². The highest BCUT2D eigenvalue weighted by atomic mass is 19.1. The smallest absolute Gasteiger partial charge is 0.311 e. The molecule has 3 rings (SSSR count). The third-order valence-corrected chi connectivity index (χ3v) is 4.36. The van der Waals surface area contributed by atoms with Gasteiger partial charge in [-0.1, -0.05) is 30.3 Å². The molecule has 7 heteroatoms. The number of nitrogens with zero attached hydrogens (tertiary/aromatic N) is 1. The van der Waals surface area contributed by atoms with Crippen LogP contribution in [0.2, 0.25) is 0 Å². The summed E-state index contributed by atoms with van der Waals surface area (Å²) in [5, 5.41) is 2.34. The second-order valence-electron chi connectivity index (χ2n) is 6.33.